The van der Waals surface area contributed by atoms with Crippen LogP contribution in [-0.4, -0.2) is 23.9 Å². The van der Waals surface area contributed by atoms with Crippen LogP contribution in [0, 0.1) is 0 Å². The van der Waals surface area contributed by atoms with E-state index in [4.69, 9.17) is 0 Å². The fraction of sp³-hybridized carbons (Fsp3) is 0.652. The van der Waals surface area contributed by atoms with Crippen molar-refractivity contribution in [1.82, 2.24) is 5.32 Å². The quantitative estimate of drug-likeness (QED) is 0.725. The summed E-state index contributed by atoms with van der Waals surface area (Å²) in [6, 6.07) is 8.09. The lowest BCUT2D eigenvalue weighted by Crippen LogP contribution is -2.48. The molecular formula is C23H34N2O2. The third kappa shape index (κ3) is 5.33. The number of anilines is 1. The van der Waals surface area contributed by atoms with E-state index in [-0.39, 0.29) is 12.1 Å². The smallest absolute Gasteiger partial charge is 0.316 e. The van der Waals surface area contributed by atoms with E-state index in [2.05, 4.69) is 5.32 Å². The average molecular weight is 371 g/mol. The van der Waals surface area contributed by atoms with Crippen LogP contribution in [0.25, 0.3) is 0 Å². The number of hydrogen-bond acceptors (Lipinski definition) is 2. The van der Waals surface area contributed by atoms with Gasteiger partial charge in [0.2, 0.25) is 0 Å². The maximum Gasteiger partial charge on any atom is 0.316 e. The molecule has 1 aliphatic heterocycles. The summed E-state index contributed by atoms with van der Waals surface area (Å²) in [4.78, 5) is 27.3. The summed E-state index contributed by atoms with van der Waals surface area (Å²) in [5.74, 6) is -0.839. The van der Waals surface area contributed by atoms with Crippen molar-refractivity contribution in [2.24, 2.45) is 0 Å². The molecule has 3 rings (SSSR count). The lowest BCUT2D eigenvalue weighted by Gasteiger charge is -2.24. The summed E-state index contributed by atoms with van der Waals surface area (Å²) in [6.45, 7) is 2.02. The number of para-hydroxylation sites is 1. The topological polar surface area (TPSA) is 49.4 Å². The average Bonchev–Trinajstić information content (AvgIpc) is 2.99. The summed E-state index contributed by atoms with van der Waals surface area (Å²) >= 11 is 0. The van der Waals surface area contributed by atoms with E-state index in [9.17, 15) is 9.59 Å². The molecule has 2 amide bonds. The first-order valence-electron chi connectivity index (χ1n) is 10.9. The number of amides is 2. The van der Waals surface area contributed by atoms with E-state index >= 15 is 0 Å². The highest BCUT2D eigenvalue weighted by molar-refractivity contribution is 6.40. The van der Waals surface area contributed by atoms with Gasteiger partial charge < -0.3 is 10.2 Å². The fourth-order valence-corrected chi connectivity index (χ4v) is 4.54. The summed E-state index contributed by atoms with van der Waals surface area (Å²) < 4.78 is 0. The molecule has 27 heavy (non-hydrogen) atoms. The summed E-state index contributed by atoms with van der Waals surface area (Å²) in [5, 5.41) is 3.07. The largest absolute Gasteiger partial charge is 0.345 e. The van der Waals surface area contributed by atoms with Crippen molar-refractivity contribution in [3.63, 3.8) is 0 Å². The molecule has 0 spiro atoms. The standard InChI is InChI=1S/C23H34N2O2/c1-18-17-19-13-11-12-16-21(19)25(18)23(27)22(26)24-20-14-9-7-5-3-2-4-6-8-10-15-20/h11-13,16,18,20H,2-10,14-15,17H2,1H3,(H,24,26). The summed E-state index contributed by atoms with van der Waals surface area (Å²) in [6.07, 6.45) is 14.2. The Bertz CT molecular complexity index is 631. The number of fused-ring (bicyclic) bond motifs is 1. The van der Waals surface area contributed by atoms with Crippen LogP contribution in [0.4, 0.5) is 5.69 Å². The Morgan fingerprint density at radius 3 is 2.07 bits per heavy atom. The molecule has 4 heteroatoms. The van der Waals surface area contributed by atoms with Gasteiger partial charge in [0.25, 0.3) is 0 Å². The van der Waals surface area contributed by atoms with Crippen LogP contribution in [0.5, 0.6) is 0 Å². The van der Waals surface area contributed by atoms with E-state index in [0.29, 0.717) is 0 Å². The predicted molar refractivity (Wildman–Crippen MR) is 110 cm³/mol. The minimum absolute atomic E-state index is 0.0389. The van der Waals surface area contributed by atoms with E-state index in [1.165, 1.54) is 44.9 Å². The first-order chi connectivity index (χ1) is 13.2. The molecule has 1 heterocycles. The minimum atomic E-state index is -0.435. The third-order valence-electron chi connectivity index (χ3n) is 6.06. The Morgan fingerprint density at radius 2 is 1.44 bits per heavy atom. The number of benzene rings is 1. The number of carbonyl (C=O) groups excluding carboxylic acids is 2. The zero-order valence-electron chi connectivity index (χ0n) is 16.7. The Balaban J connectivity index is 1.59. The Hall–Kier alpha value is -1.84. The zero-order chi connectivity index (χ0) is 19.1. The first-order valence-corrected chi connectivity index (χ1v) is 10.9. The van der Waals surface area contributed by atoms with Gasteiger partial charge in [-0.15, -0.1) is 0 Å². The molecule has 1 N–H and O–H groups in total. The molecule has 0 bridgehead atoms. The maximum atomic E-state index is 12.9. The van der Waals surface area contributed by atoms with Gasteiger partial charge in [-0.2, -0.15) is 0 Å². The van der Waals surface area contributed by atoms with Gasteiger partial charge in [0, 0.05) is 17.8 Å². The van der Waals surface area contributed by atoms with Crippen LogP contribution in [0.2, 0.25) is 0 Å². The molecule has 1 aliphatic carbocycles. The minimum Gasteiger partial charge on any atom is -0.345 e. The van der Waals surface area contributed by atoms with E-state index in [1.807, 2.05) is 31.2 Å². The number of nitrogens with one attached hydrogen (secondary N) is 1. The second kappa shape index (κ2) is 9.91. The van der Waals surface area contributed by atoms with Gasteiger partial charge in [-0.05, 0) is 37.8 Å². The zero-order valence-corrected chi connectivity index (χ0v) is 16.7. The van der Waals surface area contributed by atoms with Gasteiger partial charge in [0.05, 0.1) is 0 Å². The van der Waals surface area contributed by atoms with Crippen molar-refractivity contribution >= 4 is 17.5 Å². The first kappa shape index (κ1) is 19.9. The molecule has 1 fully saturated rings. The molecule has 0 radical (unpaired) electrons. The number of nitrogens with zero attached hydrogens (tertiary/aromatic N) is 1. The van der Waals surface area contributed by atoms with Gasteiger partial charge in [0.15, 0.2) is 0 Å². The van der Waals surface area contributed by atoms with Crippen molar-refractivity contribution < 1.29 is 9.59 Å². The summed E-state index contributed by atoms with van der Waals surface area (Å²) in [5.41, 5.74) is 2.04. The van der Waals surface area contributed by atoms with Gasteiger partial charge in [-0.3, -0.25) is 9.59 Å². The number of rotatable bonds is 1. The second-order valence-corrected chi connectivity index (χ2v) is 8.29. The molecule has 1 aromatic rings. The highest BCUT2D eigenvalue weighted by atomic mass is 16.2. The molecule has 1 saturated carbocycles. The van der Waals surface area contributed by atoms with Crippen LogP contribution in [0.15, 0.2) is 24.3 Å². The molecule has 2 aliphatic rings. The SMILES string of the molecule is CC1Cc2ccccc2N1C(=O)C(=O)NC1CCCCCCCCCCC1. The Labute approximate surface area is 163 Å². The van der Waals surface area contributed by atoms with Crippen LogP contribution < -0.4 is 10.2 Å². The van der Waals surface area contributed by atoms with Crippen molar-refractivity contribution in [3.8, 4) is 0 Å². The van der Waals surface area contributed by atoms with Crippen LogP contribution in [0.3, 0.4) is 0 Å². The third-order valence-corrected chi connectivity index (χ3v) is 6.06. The molecule has 0 aromatic heterocycles. The highest BCUT2D eigenvalue weighted by Gasteiger charge is 2.34. The summed E-state index contributed by atoms with van der Waals surface area (Å²) in [7, 11) is 0. The second-order valence-electron chi connectivity index (χ2n) is 8.29. The highest BCUT2D eigenvalue weighted by Crippen LogP contribution is 2.31. The Morgan fingerprint density at radius 1 is 0.889 bits per heavy atom. The monoisotopic (exact) mass is 370 g/mol. The van der Waals surface area contributed by atoms with E-state index < -0.39 is 11.8 Å². The van der Waals surface area contributed by atoms with Crippen molar-refractivity contribution in [3.05, 3.63) is 29.8 Å². The normalized spacial score (nSPS) is 22.4. The number of hydrogen-bond donors (Lipinski definition) is 1. The molecule has 1 atom stereocenters. The number of carbonyl (C=O) groups is 2. The molecule has 0 saturated heterocycles. The van der Waals surface area contributed by atoms with Crippen molar-refractivity contribution in [2.75, 3.05) is 4.90 Å². The molecule has 148 valence electrons. The van der Waals surface area contributed by atoms with Gasteiger partial charge >= 0.3 is 11.8 Å². The van der Waals surface area contributed by atoms with E-state index in [0.717, 1.165) is 43.4 Å². The lowest BCUT2D eigenvalue weighted by molar-refractivity contribution is -0.138. The fourth-order valence-electron chi connectivity index (χ4n) is 4.54. The molecule has 1 unspecified atom stereocenters. The van der Waals surface area contributed by atoms with E-state index in [1.54, 1.807) is 4.90 Å². The Kier molecular flexibility index (Phi) is 7.31. The van der Waals surface area contributed by atoms with Crippen molar-refractivity contribution in [2.45, 2.75) is 96.1 Å². The van der Waals surface area contributed by atoms with Crippen LogP contribution in [-0.2, 0) is 16.0 Å². The van der Waals surface area contributed by atoms with Gasteiger partial charge in [0.1, 0.15) is 0 Å². The molecule has 1 aromatic carbocycles. The maximum absolute atomic E-state index is 12.9. The van der Waals surface area contributed by atoms with Crippen LogP contribution >= 0.6 is 0 Å². The van der Waals surface area contributed by atoms with Gasteiger partial charge in [-0.25, -0.2) is 0 Å². The van der Waals surface area contributed by atoms with Crippen molar-refractivity contribution in [1.29, 1.82) is 0 Å². The van der Waals surface area contributed by atoms with Gasteiger partial charge in [-0.1, -0.05) is 76.0 Å². The molecular weight excluding hydrogens is 336 g/mol. The molecule has 4 nitrogen and oxygen atoms in total. The van der Waals surface area contributed by atoms with Crippen LogP contribution in [0.1, 0.15) is 83.1 Å². The predicted octanol–water partition coefficient (Wildman–Crippen LogP) is 4.75. The lowest BCUT2D eigenvalue weighted by atomic mass is 9.98.